The van der Waals surface area contributed by atoms with E-state index in [2.05, 4.69) is 10.3 Å². The molecule has 0 amide bonds. The van der Waals surface area contributed by atoms with E-state index in [1.54, 1.807) is 17.0 Å². The van der Waals surface area contributed by atoms with Crippen molar-refractivity contribution in [1.82, 2.24) is 14.9 Å². The number of nitrogens with one attached hydrogen (secondary N) is 1. The van der Waals surface area contributed by atoms with E-state index in [1.807, 2.05) is 13.8 Å². The summed E-state index contributed by atoms with van der Waals surface area (Å²) in [5.41, 5.74) is -0.198. The molecule has 2 rings (SSSR count). The molecule has 6 heteroatoms. The van der Waals surface area contributed by atoms with Crippen molar-refractivity contribution in [3.63, 3.8) is 0 Å². The largest absolute Gasteiger partial charge is 0.471 e. The number of morpholine rings is 1. The fourth-order valence-electron chi connectivity index (χ4n) is 1.81. The lowest BCUT2D eigenvalue weighted by Crippen LogP contribution is -2.42. The lowest BCUT2D eigenvalue weighted by Gasteiger charge is -2.23. The van der Waals surface area contributed by atoms with Crippen LogP contribution in [0.2, 0.25) is 0 Å². The number of nitrogens with zero attached hydrogens (tertiary/aromatic N) is 2. The number of hydrogen-bond donors (Lipinski definition) is 1. The lowest BCUT2D eigenvalue weighted by atomic mass is 10.3. The minimum Gasteiger partial charge on any atom is -0.471 e. The Balaban J connectivity index is 2.00. The van der Waals surface area contributed by atoms with E-state index in [0.29, 0.717) is 13.2 Å². The van der Waals surface area contributed by atoms with E-state index in [0.717, 1.165) is 13.1 Å². The molecular weight excluding hydrogens is 234 g/mol. The van der Waals surface area contributed by atoms with Crippen LogP contribution in [0.5, 0.6) is 5.88 Å². The van der Waals surface area contributed by atoms with Gasteiger partial charge in [0.2, 0.25) is 0 Å². The smallest absolute Gasteiger partial charge is 0.313 e. The zero-order valence-corrected chi connectivity index (χ0v) is 10.8. The van der Waals surface area contributed by atoms with Gasteiger partial charge in [0.25, 0.3) is 5.88 Å². The fourth-order valence-corrected chi connectivity index (χ4v) is 1.81. The molecule has 1 atom stereocenters. The van der Waals surface area contributed by atoms with Crippen LogP contribution < -0.4 is 15.6 Å². The highest BCUT2D eigenvalue weighted by atomic mass is 16.5. The van der Waals surface area contributed by atoms with Crippen molar-refractivity contribution in [3.8, 4) is 5.88 Å². The van der Waals surface area contributed by atoms with Gasteiger partial charge in [-0.2, -0.15) is 0 Å². The average molecular weight is 253 g/mol. The van der Waals surface area contributed by atoms with Gasteiger partial charge in [0.15, 0.2) is 0 Å². The van der Waals surface area contributed by atoms with Crippen molar-refractivity contribution in [3.05, 3.63) is 22.7 Å². The average Bonchev–Trinajstić information content (AvgIpc) is 2.38. The highest BCUT2D eigenvalue weighted by Gasteiger charge is 2.16. The van der Waals surface area contributed by atoms with E-state index in [-0.39, 0.29) is 23.6 Å². The first-order chi connectivity index (χ1) is 8.68. The van der Waals surface area contributed by atoms with Crippen LogP contribution in [0.25, 0.3) is 0 Å². The summed E-state index contributed by atoms with van der Waals surface area (Å²) < 4.78 is 12.6. The van der Waals surface area contributed by atoms with E-state index < -0.39 is 0 Å². The standard InChI is InChI=1S/C12H19N3O3/c1-9(2)15-5-3-14-11(12(15)16)18-8-10-7-13-4-6-17-10/h3,5,9-10,13H,4,6-8H2,1-2H3. The lowest BCUT2D eigenvalue weighted by molar-refractivity contribution is -0.00121. The molecule has 1 aromatic heterocycles. The SMILES string of the molecule is CC(C)n1ccnc(OCC2CNCCO2)c1=O. The zero-order chi connectivity index (χ0) is 13.0. The molecule has 18 heavy (non-hydrogen) atoms. The van der Waals surface area contributed by atoms with Gasteiger partial charge in [-0.15, -0.1) is 0 Å². The Labute approximate surface area is 106 Å². The minimum atomic E-state index is -0.198. The van der Waals surface area contributed by atoms with Gasteiger partial charge in [0.05, 0.1) is 6.61 Å². The number of aromatic nitrogens is 2. The fraction of sp³-hybridized carbons (Fsp3) is 0.667. The Morgan fingerprint density at radius 2 is 2.50 bits per heavy atom. The molecule has 0 aromatic carbocycles. The molecule has 2 heterocycles. The first kappa shape index (κ1) is 13.0. The molecule has 0 radical (unpaired) electrons. The second-order valence-corrected chi connectivity index (χ2v) is 4.55. The summed E-state index contributed by atoms with van der Waals surface area (Å²) in [5, 5.41) is 3.21. The van der Waals surface area contributed by atoms with Gasteiger partial charge in [0.1, 0.15) is 12.7 Å². The summed E-state index contributed by atoms with van der Waals surface area (Å²) in [7, 11) is 0. The molecule has 6 nitrogen and oxygen atoms in total. The van der Waals surface area contributed by atoms with Crippen LogP contribution in [-0.4, -0.2) is 42.0 Å². The monoisotopic (exact) mass is 253 g/mol. The van der Waals surface area contributed by atoms with Crippen LogP contribution in [0.3, 0.4) is 0 Å². The van der Waals surface area contributed by atoms with Crippen LogP contribution in [0, 0.1) is 0 Å². The van der Waals surface area contributed by atoms with Crippen molar-refractivity contribution in [2.24, 2.45) is 0 Å². The van der Waals surface area contributed by atoms with Gasteiger partial charge in [0, 0.05) is 31.5 Å². The Hall–Kier alpha value is -1.40. The molecule has 1 unspecified atom stereocenters. The van der Waals surface area contributed by atoms with Crippen LogP contribution in [0.15, 0.2) is 17.2 Å². The highest BCUT2D eigenvalue weighted by molar-refractivity contribution is 5.05. The van der Waals surface area contributed by atoms with Crippen LogP contribution >= 0.6 is 0 Å². The van der Waals surface area contributed by atoms with E-state index in [4.69, 9.17) is 9.47 Å². The predicted molar refractivity (Wildman–Crippen MR) is 67.0 cm³/mol. The summed E-state index contributed by atoms with van der Waals surface area (Å²) >= 11 is 0. The number of ether oxygens (including phenoxy) is 2. The molecule has 1 fully saturated rings. The maximum Gasteiger partial charge on any atom is 0.313 e. The normalized spacial score (nSPS) is 20.1. The molecule has 0 spiro atoms. The van der Waals surface area contributed by atoms with Gasteiger partial charge in [-0.3, -0.25) is 4.79 Å². The van der Waals surface area contributed by atoms with Gasteiger partial charge in [-0.1, -0.05) is 0 Å². The first-order valence-electron chi connectivity index (χ1n) is 6.20. The second-order valence-electron chi connectivity index (χ2n) is 4.55. The van der Waals surface area contributed by atoms with Crippen LogP contribution in [0.4, 0.5) is 0 Å². The minimum absolute atomic E-state index is 0.0207. The quantitative estimate of drug-likeness (QED) is 0.830. The highest BCUT2D eigenvalue weighted by Crippen LogP contribution is 2.04. The van der Waals surface area contributed by atoms with Gasteiger partial charge < -0.3 is 19.4 Å². The van der Waals surface area contributed by atoms with Crippen molar-refractivity contribution in [2.75, 3.05) is 26.3 Å². The van der Waals surface area contributed by atoms with Crippen molar-refractivity contribution in [1.29, 1.82) is 0 Å². The topological polar surface area (TPSA) is 65.4 Å². The molecule has 0 bridgehead atoms. The van der Waals surface area contributed by atoms with Crippen LogP contribution in [0.1, 0.15) is 19.9 Å². The Morgan fingerprint density at radius 1 is 1.67 bits per heavy atom. The Bertz CT molecular complexity index is 438. The maximum absolute atomic E-state index is 12.0. The summed E-state index contributed by atoms with van der Waals surface area (Å²) in [6.45, 7) is 6.51. The van der Waals surface area contributed by atoms with Gasteiger partial charge in [-0.25, -0.2) is 4.98 Å². The summed E-state index contributed by atoms with van der Waals surface area (Å²) in [4.78, 5) is 16.0. The molecule has 1 aliphatic heterocycles. The molecule has 1 aliphatic rings. The van der Waals surface area contributed by atoms with E-state index in [9.17, 15) is 4.79 Å². The molecule has 1 saturated heterocycles. The summed E-state index contributed by atoms with van der Waals surface area (Å²) in [5.74, 6) is 0.139. The molecule has 0 aliphatic carbocycles. The molecule has 1 N–H and O–H groups in total. The molecular formula is C12H19N3O3. The molecule has 0 saturated carbocycles. The number of rotatable bonds is 4. The second kappa shape index (κ2) is 5.97. The third-order valence-corrected chi connectivity index (χ3v) is 2.80. The van der Waals surface area contributed by atoms with E-state index in [1.165, 1.54) is 0 Å². The first-order valence-corrected chi connectivity index (χ1v) is 6.20. The third-order valence-electron chi connectivity index (χ3n) is 2.80. The predicted octanol–water partition coefficient (Wildman–Crippen LogP) is 0.191. The number of hydrogen-bond acceptors (Lipinski definition) is 5. The van der Waals surface area contributed by atoms with Crippen molar-refractivity contribution in [2.45, 2.75) is 26.0 Å². The zero-order valence-electron chi connectivity index (χ0n) is 10.8. The third kappa shape index (κ3) is 3.08. The van der Waals surface area contributed by atoms with Crippen molar-refractivity contribution < 1.29 is 9.47 Å². The summed E-state index contributed by atoms with van der Waals surface area (Å²) in [6.07, 6.45) is 3.22. The molecule has 100 valence electrons. The van der Waals surface area contributed by atoms with E-state index >= 15 is 0 Å². The molecule has 1 aromatic rings. The van der Waals surface area contributed by atoms with Gasteiger partial charge >= 0.3 is 5.56 Å². The Morgan fingerprint density at radius 3 is 3.17 bits per heavy atom. The van der Waals surface area contributed by atoms with Crippen molar-refractivity contribution >= 4 is 0 Å². The maximum atomic E-state index is 12.0. The van der Waals surface area contributed by atoms with Gasteiger partial charge in [-0.05, 0) is 13.8 Å². The Kier molecular flexibility index (Phi) is 4.33. The summed E-state index contributed by atoms with van der Waals surface area (Å²) in [6, 6.07) is 0.0930. The van der Waals surface area contributed by atoms with Crippen LogP contribution in [-0.2, 0) is 4.74 Å².